The molecule has 4 bridgehead atoms. The molecule has 2 heterocycles. The third-order valence-electron chi connectivity index (χ3n) is 11.1. The summed E-state index contributed by atoms with van der Waals surface area (Å²) in [7, 11) is 0. The van der Waals surface area contributed by atoms with E-state index in [1.807, 2.05) is 12.1 Å². The van der Waals surface area contributed by atoms with Gasteiger partial charge in [-0.3, -0.25) is 0 Å². The Kier molecular flexibility index (Phi) is 2.94. The number of aromatic hydroxyl groups is 2. The van der Waals surface area contributed by atoms with Gasteiger partial charge < -0.3 is 19.7 Å². The predicted molar refractivity (Wildman–Crippen MR) is 124 cm³/mol. The van der Waals surface area contributed by atoms with Gasteiger partial charge in [-0.25, -0.2) is 0 Å². The minimum atomic E-state index is -0.475. The number of rotatable bonds is 0. The molecule has 4 heteroatoms. The van der Waals surface area contributed by atoms with Crippen molar-refractivity contribution >= 4 is 0 Å². The van der Waals surface area contributed by atoms with Crippen molar-refractivity contribution < 1.29 is 19.7 Å². The number of phenols is 2. The SMILES string of the molecule is CC1(C)[C@H]2Cc3c(O)cc4c(c32)[C@@H]2C3(O[C@@]5(C)CC3[C@@H]([C@@H]1C5)C2(C)C)c1ccc(O)cc1O4. The molecular weight excluding hydrogens is 412 g/mol. The predicted octanol–water partition coefficient (Wildman–Crippen LogP) is 6.33. The second kappa shape index (κ2) is 5.07. The van der Waals surface area contributed by atoms with Crippen molar-refractivity contribution in [2.45, 2.75) is 76.9 Å². The van der Waals surface area contributed by atoms with Gasteiger partial charge in [0.05, 0.1) is 5.60 Å². The lowest BCUT2D eigenvalue weighted by molar-refractivity contribution is -0.148. The van der Waals surface area contributed by atoms with Crippen molar-refractivity contribution in [2.75, 3.05) is 0 Å². The summed E-state index contributed by atoms with van der Waals surface area (Å²) in [5.41, 5.74) is 4.28. The standard InChI is InChI=1S/C29H32O4/c1-26(2)16-9-14-19(31)10-21-23(22(14)16)25-27(3,4)24-17(26)11-28(5)12-18(24)29(25,33-28)15-7-6-13(30)8-20(15)32-21/h6-8,10,16-18,24-25,30-31H,9,11-12H2,1-5H3/t16-,17-,18?,24+,25-,28+,29?/m0/s1. The maximum absolute atomic E-state index is 11.0. The van der Waals surface area contributed by atoms with Crippen molar-refractivity contribution in [2.24, 2.45) is 28.6 Å². The number of hydrogen-bond acceptors (Lipinski definition) is 4. The molecule has 8 rings (SSSR count). The van der Waals surface area contributed by atoms with Crippen LogP contribution in [0, 0.1) is 28.6 Å². The highest BCUT2D eigenvalue weighted by Gasteiger charge is 2.78. The van der Waals surface area contributed by atoms with Crippen LogP contribution in [0.3, 0.4) is 0 Å². The van der Waals surface area contributed by atoms with E-state index in [-0.39, 0.29) is 28.1 Å². The van der Waals surface area contributed by atoms with Gasteiger partial charge in [0.25, 0.3) is 0 Å². The lowest BCUT2D eigenvalue weighted by atomic mass is 9.46. The lowest BCUT2D eigenvalue weighted by Crippen LogP contribution is -2.53. The molecular formula is C29H32O4. The van der Waals surface area contributed by atoms with Gasteiger partial charge >= 0.3 is 0 Å². The van der Waals surface area contributed by atoms with Crippen molar-refractivity contribution in [1.29, 1.82) is 0 Å². The van der Waals surface area contributed by atoms with E-state index in [1.54, 1.807) is 12.1 Å². The summed E-state index contributed by atoms with van der Waals surface area (Å²) in [5, 5.41) is 21.4. The second-order valence-corrected chi connectivity index (χ2v) is 13.3. The normalized spacial score (nSPS) is 43.1. The van der Waals surface area contributed by atoms with Crippen LogP contribution in [-0.4, -0.2) is 15.8 Å². The summed E-state index contributed by atoms with van der Waals surface area (Å²) >= 11 is 0. The zero-order chi connectivity index (χ0) is 22.9. The highest BCUT2D eigenvalue weighted by Crippen LogP contribution is 2.82. The molecule has 0 radical (unpaired) electrons. The lowest BCUT2D eigenvalue weighted by Gasteiger charge is -2.59. The Morgan fingerprint density at radius 2 is 1.64 bits per heavy atom. The minimum Gasteiger partial charge on any atom is -0.508 e. The van der Waals surface area contributed by atoms with Gasteiger partial charge in [-0.15, -0.1) is 0 Å². The summed E-state index contributed by atoms with van der Waals surface area (Å²) in [6.07, 6.45) is 3.10. The van der Waals surface area contributed by atoms with Crippen LogP contribution < -0.4 is 4.74 Å². The monoisotopic (exact) mass is 444 g/mol. The van der Waals surface area contributed by atoms with E-state index < -0.39 is 5.60 Å². The van der Waals surface area contributed by atoms with Gasteiger partial charge in [-0.1, -0.05) is 27.7 Å². The first-order valence-corrected chi connectivity index (χ1v) is 12.6. The van der Waals surface area contributed by atoms with E-state index in [2.05, 4.69) is 34.6 Å². The van der Waals surface area contributed by atoms with Crippen molar-refractivity contribution in [3.63, 3.8) is 0 Å². The molecule has 2 unspecified atom stereocenters. The Labute approximate surface area is 194 Å². The topological polar surface area (TPSA) is 58.9 Å². The van der Waals surface area contributed by atoms with Gasteiger partial charge in [-0.05, 0) is 83.9 Å². The Balaban J connectivity index is 1.59. The summed E-state index contributed by atoms with van der Waals surface area (Å²) in [6, 6.07) is 7.42. The Morgan fingerprint density at radius 1 is 0.879 bits per heavy atom. The molecule has 2 aromatic rings. The zero-order valence-corrected chi connectivity index (χ0v) is 20.0. The van der Waals surface area contributed by atoms with Crippen LogP contribution in [0.25, 0.3) is 0 Å². The van der Waals surface area contributed by atoms with Crippen LogP contribution >= 0.6 is 0 Å². The summed E-state index contributed by atoms with van der Waals surface area (Å²) in [6.45, 7) is 12.2. The van der Waals surface area contributed by atoms with Gasteiger partial charge in [0.2, 0.25) is 0 Å². The Bertz CT molecular complexity index is 1290. The average Bonchev–Trinajstić information content (AvgIpc) is 2.95. The third kappa shape index (κ3) is 1.81. The molecule has 1 saturated heterocycles. The van der Waals surface area contributed by atoms with E-state index in [0.29, 0.717) is 35.2 Å². The highest BCUT2D eigenvalue weighted by molar-refractivity contribution is 5.67. The largest absolute Gasteiger partial charge is 0.508 e. The molecule has 2 N–H and O–H groups in total. The number of benzene rings is 2. The Morgan fingerprint density at radius 3 is 2.42 bits per heavy atom. The van der Waals surface area contributed by atoms with Crippen molar-refractivity contribution in [3.8, 4) is 23.0 Å². The number of phenolic OH excluding ortho intramolecular Hbond substituents is 2. The molecule has 6 aliphatic rings. The quantitative estimate of drug-likeness (QED) is 0.498. The summed E-state index contributed by atoms with van der Waals surface area (Å²) in [5.74, 6) is 4.07. The minimum absolute atomic E-state index is 0.0112. The molecule has 3 fully saturated rings. The molecule has 0 aromatic heterocycles. The fraction of sp³-hybridized carbons (Fsp3) is 0.586. The molecule has 2 aliphatic heterocycles. The number of ether oxygens (including phenoxy) is 2. The molecule has 4 nitrogen and oxygen atoms in total. The smallest absolute Gasteiger partial charge is 0.137 e. The van der Waals surface area contributed by atoms with Gasteiger partial charge in [0.15, 0.2) is 0 Å². The molecule has 172 valence electrons. The van der Waals surface area contributed by atoms with Crippen LogP contribution in [0.2, 0.25) is 0 Å². The summed E-state index contributed by atoms with van der Waals surface area (Å²) in [4.78, 5) is 0. The number of fused-ring (bicyclic) bond motifs is 2. The van der Waals surface area contributed by atoms with Gasteiger partial charge in [0, 0.05) is 29.2 Å². The van der Waals surface area contributed by atoms with Crippen LogP contribution in [-0.2, 0) is 16.8 Å². The molecule has 2 aromatic carbocycles. The summed E-state index contributed by atoms with van der Waals surface area (Å²) < 4.78 is 14.0. The van der Waals surface area contributed by atoms with E-state index in [1.165, 1.54) is 11.1 Å². The molecule has 0 amide bonds. The fourth-order valence-electron chi connectivity index (χ4n) is 10.1. The van der Waals surface area contributed by atoms with Crippen LogP contribution in [0.5, 0.6) is 23.0 Å². The average molecular weight is 445 g/mol. The van der Waals surface area contributed by atoms with E-state index in [9.17, 15) is 10.2 Å². The van der Waals surface area contributed by atoms with Gasteiger partial charge in [0.1, 0.15) is 28.6 Å². The molecule has 1 spiro atoms. The highest BCUT2D eigenvalue weighted by atomic mass is 16.5. The first-order valence-electron chi connectivity index (χ1n) is 12.6. The molecule has 4 aliphatic carbocycles. The first kappa shape index (κ1) is 19.1. The number of hydrogen-bond donors (Lipinski definition) is 2. The molecule has 7 atom stereocenters. The third-order valence-corrected chi connectivity index (χ3v) is 11.1. The van der Waals surface area contributed by atoms with Crippen LogP contribution in [0.1, 0.15) is 81.5 Å². The second-order valence-electron chi connectivity index (χ2n) is 13.3. The molecule has 33 heavy (non-hydrogen) atoms. The van der Waals surface area contributed by atoms with E-state index in [0.717, 1.165) is 36.1 Å². The van der Waals surface area contributed by atoms with E-state index >= 15 is 0 Å². The van der Waals surface area contributed by atoms with Crippen LogP contribution in [0.4, 0.5) is 0 Å². The maximum atomic E-state index is 11.0. The zero-order valence-electron chi connectivity index (χ0n) is 20.0. The fourth-order valence-corrected chi connectivity index (χ4v) is 10.1. The van der Waals surface area contributed by atoms with Crippen molar-refractivity contribution in [3.05, 3.63) is 46.5 Å². The van der Waals surface area contributed by atoms with Crippen LogP contribution in [0.15, 0.2) is 24.3 Å². The Hall–Kier alpha value is -2.20. The molecule has 2 saturated carbocycles. The first-order chi connectivity index (χ1) is 15.5. The van der Waals surface area contributed by atoms with Crippen molar-refractivity contribution in [1.82, 2.24) is 0 Å². The van der Waals surface area contributed by atoms with Gasteiger partial charge in [-0.2, -0.15) is 0 Å². The maximum Gasteiger partial charge on any atom is 0.137 e. The van der Waals surface area contributed by atoms with E-state index in [4.69, 9.17) is 9.47 Å².